The van der Waals surface area contributed by atoms with Gasteiger partial charge in [-0.2, -0.15) is 5.17 Å². The van der Waals surface area contributed by atoms with E-state index in [1.54, 1.807) is 0 Å². The minimum Gasteiger partial charge on any atom is -0.358 e. The molecule has 0 saturated carbocycles. The molecule has 0 aliphatic carbocycles. The van der Waals surface area contributed by atoms with Gasteiger partial charge in [-0.15, -0.1) is 0 Å². The van der Waals surface area contributed by atoms with Crippen LogP contribution in [0, 0.1) is 10.1 Å². The maximum atomic E-state index is 10.1. The Balaban J connectivity index is 2.90. The zero-order valence-electron chi connectivity index (χ0n) is 5.71. The first-order valence-corrected chi connectivity index (χ1v) is 2.72. The highest BCUT2D eigenvalue weighted by Gasteiger charge is 2.10. The van der Waals surface area contributed by atoms with E-state index in [1.165, 1.54) is 7.05 Å². The smallest absolute Gasteiger partial charge is 0.358 e. The molecule has 1 aromatic rings. The van der Waals surface area contributed by atoms with E-state index in [-0.39, 0.29) is 5.82 Å². The van der Waals surface area contributed by atoms with Crippen LogP contribution < -0.4 is 5.17 Å². The minimum absolute atomic E-state index is 0.300. The van der Waals surface area contributed by atoms with Crippen LogP contribution in [0.1, 0.15) is 0 Å². The van der Waals surface area contributed by atoms with Crippen LogP contribution in [0.4, 0.5) is 5.82 Å². The van der Waals surface area contributed by atoms with Gasteiger partial charge in [0.25, 0.3) is 0 Å². The molecule has 1 aromatic heterocycles. The number of nitrogens with zero attached hydrogens (tertiary/aromatic N) is 4. The van der Waals surface area contributed by atoms with Gasteiger partial charge < -0.3 is 10.1 Å². The fourth-order valence-corrected chi connectivity index (χ4v) is 0.556. The number of hydroxylamine groups is 1. The highest BCUT2D eigenvalue weighted by molar-refractivity contribution is 5.12. The average Bonchev–Trinajstić information content (AvgIpc) is 2.33. The van der Waals surface area contributed by atoms with Gasteiger partial charge in [0.2, 0.25) is 6.33 Å². The van der Waals surface area contributed by atoms with E-state index in [1.807, 2.05) is 0 Å². The maximum Gasteiger partial charge on any atom is 0.383 e. The summed E-state index contributed by atoms with van der Waals surface area (Å²) in [6.45, 7) is 0. The second-order valence-electron chi connectivity index (χ2n) is 1.86. The number of nitro groups is 1. The van der Waals surface area contributed by atoms with Crippen LogP contribution in [-0.2, 0) is 0 Å². The molecule has 7 heteroatoms. The summed E-state index contributed by atoms with van der Waals surface area (Å²) in [4.78, 5) is 12.8. The molecule has 0 bridgehead atoms. The predicted octanol–water partition coefficient (Wildman–Crippen LogP) is -0.252. The zero-order valence-corrected chi connectivity index (χ0v) is 5.71. The summed E-state index contributed by atoms with van der Waals surface area (Å²) in [5, 5.41) is 19.5. The van der Waals surface area contributed by atoms with Gasteiger partial charge in [0, 0.05) is 0 Å². The van der Waals surface area contributed by atoms with Crippen LogP contribution in [0.5, 0.6) is 0 Å². The Kier molecular flexibility index (Phi) is 1.73. The van der Waals surface area contributed by atoms with E-state index in [0.717, 1.165) is 17.2 Å². The summed E-state index contributed by atoms with van der Waals surface area (Å²) in [5.74, 6) is -0.300. The van der Waals surface area contributed by atoms with Crippen molar-refractivity contribution >= 4 is 5.82 Å². The summed E-state index contributed by atoms with van der Waals surface area (Å²) >= 11 is 0. The first kappa shape index (κ1) is 7.48. The molecule has 0 aliphatic heterocycles. The fourth-order valence-electron chi connectivity index (χ4n) is 0.556. The normalized spacial score (nSPS) is 9.64. The molecule has 0 amide bonds. The van der Waals surface area contributed by atoms with Crippen molar-refractivity contribution in [2.24, 2.45) is 0 Å². The number of hydrogen-bond donors (Lipinski definition) is 1. The van der Waals surface area contributed by atoms with Gasteiger partial charge in [0.15, 0.2) is 0 Å². The Morgan fingerprint density at radius 1 is 1.91 bits per heavy atom. The summed E-state index contributed by atoms with van der Waals surface area (Å²) in [5.41, 5.74) is 0. The molecule has 0 unspecified atom stereocenters. The van der Waals surface area contributed by atoms with Gasteiger partial charge in [-0.3, -0.25) is 5.21 Å². The quantitative estimate of drug-likeness (QED) is 0.473. The molecule has 7 nitrogen and oxygen atoms in total. The Morgan fingerprint density at radius 3 is 2.82 bits per heavy atom. The van der Waals surface area contributed by atoms with Gasteiger partial charge >= 0.3 is 5.82 Å². The highest BCUT2D eigenvalue weighted by atomic mass is 16.6. The van der Waals surface area contributed by atoms with Crippen molar-refractivity contribution in [2.45, 2.75) is 0 Å². The van der Waals surface area contributed by atoms with Crippen molar-refractivity contribution < 1.29 is 10.1 Å². The Hall–Kier alpha value is -1.63. The molecule has 11 heavy (non-hydrogen) atoms. The van der Waals surface area contributed by atoms with E-state index < -0.39 is 4.92 Å². The third kappa shape index (κ3) is 1.44. The van der Waals surface area contributed by atoms with Crippen LogP contribution in [0.25, 0.3) is 0 Å². The molecule has 1 heterocycles. The average molecular weight is 158 g/mol. The van der Waals surface area contributed by atoms with Gasteiger partial charge in [-0.05, 0) is 9.91 Å². The fraction of sp³-hybridized carbons (Fsp3) is 0.250. The Labute approximate surface area is 61.6 Å². The van der Waals surface area contributed by atoms with Crippen molar-refractivity contribution in [3.05, 3.63) is 22.6 Å². The number of aromatic nitrogens is 2. The van der Waals surface area contributed by atoms with Crippen molar-refractivity contribution in [3.63, 3.8) is 0 Å². The van der Waals surface area contributed by atoms with Crippen LogP contribution in [0.3, 0.4) is 0 Å². The number of hydrogen-bond acceptors (Lipinski definition) is 5. The van der Waals surface area contributed by atoms with Gasteiger partial charge in [-0.1, -0.05) is 0 Å². The maximum absolute atomic E-state index is 10.1. The molecule has 1 rings (SSSR count). The Morgan fingerprint density at radius 2 is 2.55 bits per heavy atom. The van der Waals surface area contributed by atoms with Gasteiger partial charge in [0.1, 0.15) is 6.20 Å². The summed E-state index contributed by atoms with van der Waals surface area (Å²) in [7, 11) is 1.32. The summed E-state index contributed by atoms with van der Waals surface area (Å²) in [6, 6.07) is 0. The molecule has 0 fully saturated rings. The van der Waals surface area contributed by atoms with Crippen molar-refractivity contribution in [1.29, 1.82) is 0 Å². The molecule has 0 atom stereocenters. The third-order valence-corrected chi connectivity index (χ3v) is 1.08. The Bertz CT molecular complexity index is 268. The van der Waals surface area contributed by atoms with E-state index in [9.17, 15) is 10.1 Å². The van der Waals surface area contributed by atoms with Crippen molar-refractivity contribution in [2.75, 3.05) is 12.2 Å². The molecule has 0 spiro atoms. The summed E-state index contributed by atoms with van der Waals surface area (Å²) < 4.78 is 1.08. The lowest BCUT2D eigenvalue weighted by molar-refractivity contribution is -0.389. The largest absolute Gasteiger partial charge is 0.383 e. The van der Waals surface area contributed by atoms with Crippen LogP contribution in [-0.4, -0.2) is 26.8 Å². The van der Waals surface area contributed by atoms with E-state index >= 15 is 0 Å². The monoisotopic (exact) mass is 158 g/mol. The van der Waals surface area contributed by atoms with Gasteiger partial charge in [0.05, 0.1) is 7.05 Å². The molecule has 60 valence electrons. The molecule has 1 N–H and O–H groups in total. The lowest BCUT2D eigenvalue weighted by Crippen LogP contribution is -2.23. The zero-order chi connectivity index (χ0) is 8.43. The van der Waals surface area contributed by atoms with Crippen LogP contribution >= 0.6 is 0 Å². The number of imidazole rings is 1. The molecular formula is C4H6N4O3. The van der Waals surface area contributed by atoms with E-state index in [0.29, 0.717) is 5.17 Å². The molecule has 0 aromatic carbocycles. The number of rotatable bonds is 2. The molecular weight excluding hydrogens is 152 g/mol. The van der Waals surface area contributed by atoms with E-state index in [4.69, 9.17) is 5.21 Å². The van der Waals surface area contributed by atoms with Crippen molar-refractivity contribution in [1.82, 2.24) is 9.66 Å². The lowest BCUT2D eigenvalue weighted by Gasteiger charge is -2.06. The highest BCUT2D eigenvalue weighted by Crippen LogP contribution is 2.04. The van der Waals surface area contributed by atoms with Gasteiger partial charge in [-0.25, -0.2) is 4.68 Å². The van der Waals surface area contributed by atoms with Crippen molar-refractivity contribution in [3.8, 4) is 0 Å². The second kappa shape index (κ2) is 2.54. The first-order valence-electron chi connectivity index (χ1n) is 2.72. The van der Waals surface area contributed by atoms with Crippen LogP contribution in [0.15, 0.2) is 12.5 Å². The van der Waals surface area contributed by atoms with Crippen LogP contribution in [0.2, 0.25) is 0 Å². The molecule has 0 aliphatic rings. The first-order chi connectivity index (χ1) is 5.11. The predicted molar refractivity (Wildman–Crippen MR) is 34.8 cm³/mol. The standard InChI is InChI=1S/C4H6N4O3/c1-6(9)7-2-4(5-3-7)8(10)11/h2-3,9H,1H3. The topological polar surface area (TPSA) is 84.4 Å². The summed E-state index contributed by atoms with van der Waals surface area (Å²) in [6.07, 6.45) is 2.23. The molecule has 0 radical (unpaired) electrons. The minimum atomic E-state index is -0.639. The lowest BCUT2D eigenvalue weighted by atomic mass is 10.8. The SMILES string of the molecule is CN(O)n1cnc([N+](=O)[O-])c1. The molecule has 0 saturated heterocycles. The van der Waals surface area contributed by atoms with E-state index in [2.05, 4.69) is 4.98 Å². The second-order valence-corrected chi connectivity index (χ2v) is 1.86. The third-order valence-electron chi connectivity index (χ3n) is 1.08.